The molecule has 4 rings (SSSR count). The maximum atomic E-state index is 2.51. The molecule has 0 aromatic carbocycles. The zero-order valence-corrected chi connectivity index (χ0v) is 8.74. The number of fused-ring (bicyclic) bond motifs is 1. The number of quaternary nitrogens is 1. The summed E-state index contributed by atoms with van der Waals surface area (Å²) in [6.45, 7) is 2.85. The van der Waals surface area contributed by atoms with Crippen LogP contribution in [0.1, 0.15) is 12.8 Å². The van der Waals surface area contributed by atoms with Crippen LogP contribution < -0.4 is 0 Å². The molecule has 1 saturated heterocycles. The molecule has 4 aliphatic rings. The maximum Gasteiger partial charge on any atom is 0.0822 e. The number of hydrogen-bond acceptors (Lipinski definition) is 0. The van der Waals surface area contributed by atoms with Gasteiger partial charge in [-0.3, -0.25) is 0 Å². The molecule has 13 heavy (non-hydrogen) atoms. The first kappa shape index (κ1) is 8.05. The summed E-state index contributed by atoms with van der Waals surface area (Å²) >= 11 is 0. The third-order valence-corrected chi connectivity index (χ3v) is 4.50. The fraction of sp³-hybridized carbons (Fsp3) is 0.833. The lowest BCUT2D eigenvalue weighted by molar-refractivity contribution is -0.880. The molecule has 1 saturated carbocycles. The van der Waals surface area contributed by atoms with Gasteiger partial charge in [-0.2, -0.15) is 0 Å². The second kappa shape index (κ2) is 2.38. The molecular weight excluding hydrogens is 158 g/mol. The highest BCUT2D eigenvalue weighted by Gasteiger charge is 2.50. The van der Waals surface area contributed by atoms with Gasteiger partial charge in [-0.1, -0.05) is 12.2 Å². The Balaban J connectivity index is 1.92. The van der Waals surface area contributed by atoms with Gasteiger partial charge in [0.2, 0.25) is 0 Å². The zero-order chi connectivity index (χ0) is 9.05. The summed E-state index contributed by atoms with van der Waals surface area (Å²) in [7, 11) is 4.80. The number of likely N-dealkylation sites (tertiary alicyclic amines) is 1. The van der Waals surface area contributed by atoms with Crippen molar-refractivity contribution in [3.05, 3.63) is 12.2 Å². The van der Waals surface area contributed by atoms with E-state index in [1.807, 2.05) is 0 Å². The molecular formula is C12H20N+. The predicted octanol–water partition coefficient (Wildman–Crippen LogP) is 1.90. The van der Waals surface area contributed by atoms with E-state index in [0.29, 0.717) is 0 Å². The van der Waals surface area contributed by atoms with Gasteiger partial charge >= 0.3 is 0 Å². The van der Waals surface area contributed by atoms with Crippen LogP contribution in [0.3, 0.4) is 0 Å². The van der Waals surface area contributed by atoms with Gasteiger partial charge in [0, 0.05) is 11.8 Å². The summed E-state index contributed by atoms with van der Waals surface area (Å²) in [6.07, 6.45) is 7.98. The lowest BCUT2D eigenvalue weighted by Crippen LogP contribution is -2.37. The van der Waals surface area contributed by atoms with Crippen molar-refractivity contribution in [2.75, 3.05) is 27.2 Å². The van der Waals surface area contributed by atoms with E-state index in [2.05, 4.69) is 26.2 Å². The third-order valence-electron chi connectivity index (χ3n) is 4.50. The molecule has 3 aliphatic carbocycles. The van der Waals surface area contributed by atoms with Gasteiger partial charge in [-0.05, 0) is 24.7 Å². The van der Waals surface area contributed by atoms with E-state index in [4.69, 9.17) is 0 Å². The van der Waals surface area contributed by atoms with Crippen LogP contribution in [0.5, 0.6) is 0 Å². The first-order chi connectivity index (χ1) is 6.16. The minimum absolute atomic E-state index is 0.940. The van der Waals surface area contributed by atoms with E-state index >= 15 is 0 Å². The topological polar surface area (TPSA) is 0 Å². The fourth-order valence-electron chi connectivity index (χ4n) is 3.97. The van der Waals surface area contributed by atoms with Crippen LogP contribution in [0.4, 0.5) is 0 Å². The van der Waals surface area contributed by atoms with Crippen molar-refractivity contribution in [2.45, 2.75) is 12.8 Å². The Bertz CT molecular complexity index is 230. The predicted molar refractivity (Wildman–Crippen MR) is 54.2 cm³/mol. The summed E-state index contributed by atoms with van der Waals surface area (Å²) in [4.78, 5) is 0. The average Bonchev–Trinajstić information content (AvgIpc) is 2.43. The van der Waals surface area contributed by atoms with Crippen molar-refractivity contribution in [1.29, 1.82) is 0 Å². The number of rotatable bonds is 0. The Kier molecular flexibility index (Phi) is 1.48. The standard InChI is InChI=1S/C12H20N/c1-13(2)7-11-9-3-4-10(6-5-9)12(11)8-13/h3-4,9-12H,5-8H2,1-2H3/q+1. The van der Waals surface area contributed by atoms with E-state index in [-0.39, 0.29) is 0 Å². The first-order valence-electron chi connectivity index (χ1n) is 5.66. The second-order valence-electron chi connectivity index (χ2n) is 5.92. The third kappa shape index (κ3) is 1.10. The Morgan fingerprint density at radius 1 is 0.923 bits per heavy atom. The minimum Gasteiger partial charge on any atom is -0.328 e. The van der Waals surface area contributed by atoms with Crippen LogP contribution in [0.2, 0.25) is 0 Å². The lowest BCUT2D eigenvalue weighted by atomic mass is 9.64. The molecule has 0 spiro atoms. The zero-order valence-electron chi connectivity index (χ0n) is 8.74. The van der Waals surface area contributed by atoms with Gasteiger partial charge in [0.25, 0.3) is 0 Å². The second-order valence-corrected chi connectivity index (χ2v) is 5.92. The summed E-state index contributed by atoms with van der Waals surface area (Å²) in [5.74, 6) is 3.93. The molecule has 0 N–H and O–H groups in total. The molecule has 1 heterocycles. The molecule has 2 fully saturated rings. The SMILES string of the molecule is C[N+]1(C)CC2C3C=CC(CC3)C2C1. The van der Waals surface area contributed by atoms with Gasteiger partial charge < -0.3 is 4.48 Å². The summed E-state index contributed by atoms with van der Waals surface area (Å²) in [6, 6.07) is 0. The molecule has 1 heteroatoms. The number of nitrogens with zero attached hydrogens (tertiary/aromatic N) is 1. The van der Waals surface area contributed by atoms with Crippen molar-refractivity contribution in [1.82, 2.24) is 0 Å². The number of allylic oxidation sites excluding steroid dienone is 2. The summed E-state index contributed by atoms with van der Waals surface area (Å²) < 4.78 is 1.27. The first-order valence-corrected chi connectivity index (χ1v) is 5.66. The van der Waals surface area contributed by atoms with Crippen molar-refractivity contribution in [3.63, 3.8) is 0 Å². The van der Waals surface area contributed by atoms with E-state index in [1.165, 1.54) is 30.4 Å². The van der Waals surface area contributed by atoms with Crippen LogP contribution in [-0.4, -0.2) is 31.7 Å². The average molecular weight is 178 g/mol. The maximum absolute atomic E-state index is 2.51. The van der Waals surface area contributed by atoms with E-state index in [1.54, 1.807) is 0 Å². The van der Waals surface area contributed by atoms with Gasteiger partial charge in [0.15, 0.2) is 0 Å². The van der Waals surface area contributed by atoms with Crippen LogP contribution >= 0.6 is 0 Å². The number of hydrogen-bond donors (Lipinski definition) is 0. The molecule has 0 amide bonds. The Labute approximate surface area is 81.0 Å². The largest absolute Gasteiger partial charge is 0.328 e. The van der Waals surface area contributed by atoms with Gasteiger partial charge in [-0.25, -0.2) is 0 Å². The molecule has 0 radical (unpaired) electrons. The Morgan fingerprint density at radius 2 is 1.38 bits per heavy atom. The molecule has 0 aromatic rings. The van der Waals surface area contributed by atoms with Crippen molar-refractivity contribution in [2.24, 2.45) is 23.7 Å². The highest BCUT2D eigenvalue weighted by molar-refractivity contribution is 5.10. The van der Waals surface area contributed by atoms with Crippen LogP contribution in [0.15, 0.2) is 12.2 Å². The van der Waals surface area contributed by atoms with E-state index < -0.39 is 0 Å². The molecule has 1 nitrogen and oxygen atoms in total. The molecule has 4 atom stereocenters. The highest BCUT2D eigenvalue weighted by atomic mass is 15.3. The van der Waals surface area contributed by atoms with Crippen molar-refractivity contribution >= 4 is 0 Å². The molecule has 4 unspecified atom stereocenters. The molecule has 0 aromatic heterocycles. The van der Waals surface area contributed by atoms with E-state index in [9.17, 15) is 0 Å². The summed E-state index contributed by atoms with van der Waals surface area (Å²) in [5, 5.41) is 0. The summed E-state index contributed by atoms with van der Waals surface area (Å²) in [5.41, 5.74) is 0. The normalized spacial score (nSPS) is 50.9. The van der Waals surface area contributed by atoms with Crippen molar-refractivity contribution < 1.29 is 4.48 Å². The molecule has 72 valence electrons. The minimum atomic E-state index is 0.940. The van der Waals surface area contributed by atoms with Crippen LogP contribution in [0, 0.1) is 23.7 Å². The quantitative estimate of drug-likeness (QED) is 0.392. The van der Waals surface area contributed by atoms with Gasteiger partial charge in [0.05, 0.1) is 27.2 Å². The van der Waals surface area contributed by atoms with Gasteiger partial charge in [-0.15, -0.1) is 0 Å². The Morgan fingerprint density at radius 3 is 1.77 bits per heavy atom. The fourth-order valence-corrected chi connectivity index (χ4v) is 3.97. The molecule has 1 aliphatic heterocycles. The van der Waals surface area contributed by atoms with Crippen LogP contribution in [-0.2, 0) is 0 Å². The van der Waals surface area contributed by atoms with Gasteiger partial charge in [0.1, 0.15) is 0 Å². The molecule has 2 bridgehead atoms. The monoisotopic (exact) mass is 178 g/mol. The highest BCUT2D eigenvalue weighted by Crippen LogP contribution is 2.49. The van der Waals surface area contributed by atoms with Crippen LogP contribution in [0.25, 0.3) is 0 Å². The van der Waals surface area contributed by atoms with Crippen molar-refractivity contribution in [3.8, 4) is 0 Å². The lowest BCUT2D eigenvalue weighted by Gasteiger charge is -2.38. The van der Waals surface area contributed by atoms with E-state index in [0.717, 1.165) is 23.7 Å². The Hall–Kier alpha value is -0.300. The smallest absolute Gasteiger partial charge is 0.0822 e.